The van der Waals surface area contributed by atoms with Gasteiger partial charge in [0.2, 0.25) is 0 Å². The van der Waals surface area contributed by atoms with Crippen molar-refractivity contribution in [3.05, 3.63) is 59.2 Å². The first-order valence-corrected chi connectivity index (χ1v) is 6.72. The molecular weight excluding hydrogens is 250 g/mol. The third-order valence-corrected chi connectivity index (χ3v) is 3.36. The molecule has 0 spiro atoms. The lowest BCUT2D eigenvalue weighted by atomic mass is 10.1. The van der Waals surface area contributed by atoms with Gasteiger partial charge in [-0.05, 0) is 42.7 Å². The summed E-state index contributed by atoms with van der Waals surface area (Å²) in [5, 5.41) is 0. The quantitative estimate of drug-likeness (QED) is 0.903. The second kappa shape index (κ2) is 6.44. The van der Waals surface area contributed by atoms with Crippen LogP contribution < -0.4 is 15.2 Å². The minimum Gasteiger partial charge on any atom is -0.493 e. The van der Waals surface area contributed by atoms with Crippen molar-refractivity contribution in [3.8, 4) is 11.5 Å². The standard InChI is InChI=1S/C17H21NO2/c1-12-6-4-5-7-15(12)11-20-16-9-8-14(13(2)18)10-17(16)19-3/h4-10,13H,11,18H2,1-3H3/t13-/m1/s1. The molecule has 0 radical (unpaired) electrons. The maximum Gasteiger partial charge on any atom is 0.161 e. The maximum atomic E-state index is 5.88. The molecule has 0 aliphatic carbocycles. The SMILES string of the molecule is COc1cc([C@@H](C)N)ccc1OCc1ccccc1C. The zero-order valence-corrected chi connectivity index (χ0v) is 12.2. The molecule has 0 aliphatic rings. The van der Waals surface area contributed by atoms with Crippen molar-refractivity contribution in [2.24, 2.45) is 5.73 Å². The molecule has 0 bridgehead atoms. The molecule has 2 N–H and O–H groups in total. The van der Waals surface area contributed by atoms with E-state index >= 15 is 0 Å². The summed E-state index contributed by atoms with van der Waals surface area (Å²) in [7, 11) is 1.64. The molecule has 0 saturated heterocycles. The van der Waals surface area contributed by atoms with E-state index < -0.39 is 0 Å². The third-order valence-electron chi connectivity index (χ3n) is 3.36. The number of nitrogens with two attached hydrogens (primary N) is 1. The molecule has 2 aromatic rings. The van der Waals surface area contributed by atoms with Gasteiger partial charge in [-0.2, -0.15) is 0 Å². The molecule has 0 unspecified atom stereocenters. The number of hydrogen-bond acceptors (Lipinski definition) is 3. The van der Waals surface area contributed by atoms with E-state index in [1.54, 1.807) is 7.11 Å². The van der Waals surface area contributed by atoms with E-state index in [-0.39, 0.29) is 6.04 Å². The van der Waals surface area contributed by atoms with Gasteiger partial charge >= 0.3 is 0 Å². The van der Waals surface area contributed by atoms with Crippen LogP contribution in [0.25, 0.3) is 0 Å². The van der Waals surface area contributed by atoms with Gasteiger partial charge in [0.1, 0.15) is 6.61 Å². The predicted molar refractivity (Wildman–Crippen MR) is 81.1 cm³/mol. The number of ether oxygens (including phenoxy) is 2. The van der Waals surface area contributed by atoms with Crippen molar-refractivity contribution in [1.82, 2.24) is 0 Å². The molecule has 0 fully saturated rings. The topological polar surface area (TPSA) is 44.5 Å². The molecule has 3 nitrogen and oxygen atoms in total. The monoisotopic (exact) mass is 271 g/mol. The average molecular weight is 271 g/mol. The Kier molecular flexibility index (Phi) is 4.64. The van der Waals surface area contributed by atoms with Gasteiger partial charge in [0.05, 0.1) is 7.11 Å². The van der Waals surface area contributed by atoms with Gasteiger partial charge in [0.25, 0.3) is 0 Å². The van der Waals surface area contributed by atoms with Crippen molar-refractivity contribution < 1.29 is 9.47 Å². The minimum absolute atomic E-state index is 0.0192. The molecule has 3 heteroatoms. The van der Waals surface area contributed by atoms with Crippen LogP contribution in [0.15, 0.2) is 42.5 Å². The van der Waals surface area contributed by atoms with Crippen molar-refractivity contribution >= 4 is 0 Å². The summed E-state index contributed by atoms with van der Waals surface area (Å²) >= 11 is 0. The Balaban J connectivity index is 2.15. The second-order valence-corrected chi connectivity index (χ2v) is 4.91. The fourth-order valence-electron chi connectivity index (χ4n) is 2.01. The van der Waals surface area contributed by atoms with Crippen LogP contribution >= 0.6 is 0 Å². The van der Waals surface area contributed by atoms with E-state index in [4.69, 9.17) is 15.2 Å². The Labute approximate surface area is 120 Å². The lowest BCUT2D eigenvalue weighted by Gasteiger charge is -2.14. The van der Waals surface area contributed by atoms with E-state index in [2.05, 4.69) is 19.1 Å². The molecule has 0 aliphatic heterocycles. The summed E-state index contributed by atoms with van der Waals surface area (Å²) in [4.78, 5) is 0. The molecule has 2 aromatic carbocycles. The van der Waals surface area contributed by atoms with Gasteiger partial charge in [0, 0.05) is 6.04 Å². The van der Waals surface area contributed by atoms with Crippen molar-refractivity contribution in [1.29, 1.82) is 0 Å². The highest BCUT2D eigenvalue weighted by Crippen LogP contribution is 2.30. The zero-order chi connectivity index (χ0) is 14.5. The molecule has 0 amide bonds. The summed E-state index contributed by atoms with van der Waals surface area (Å²) in [6.45, 7) is 4.55. The Morgan fingerprint density at radius 2 is 1.85 bits per heavy atom. The highest BCUT2D eigenvalue weighted by molar-refractivity contribution is 5.44. The van der Waals surface area contributed by atoms with Crippen molar-refractivity contribution in [2.45, 2.75) is 26.5 Å². The summed E-state index contributed by atoms with van der Waals surface area (Å²) in [6, 6.07) is 14.0. The first-order valence-electron chi connectivity index (χ1n) is 6.72. The summed E-state index contributed by atoms with van der Waals surface area (Å²) < 4.78 is 11.2. The van der Waals surface area contributed by atoms with Gasteiger partial charge in [-0.3, -0.25) is 0 Å². The molecule has 0 aromatic heterocycles. The smallest absolute Gasteiger partial charge is 0.161 e. The number of methoxy groups -OCH3 is 1. The third kappa shape index (κ3) is 3.31. The lowest BCUT2D eigenvalue weighted by molar-refractivity contribution is 0.283. The molecule has 106 valence electrons. The van der Waals surface area contributed by atoms with Crippen LogP contribution in [-0.4, -0.2) is 7.11 Å². The van der Waals surface area contributed by atoms with E-state index in [0.29, 0.717) is 12.4 Å². The van der Waals surface area contributed by atoms with Gasteiger partial charge in [-0.25, -0.2) is 0 Å². The van der Waals surface area contributed by atoms with Gasteiger partial charge in [-0.1, -0.05) is 30.3 Å². The van der Waals surface area contributed by atoms with E-state index in [1.165, 1.54) is 11.1 Å². The van der Waals surface area contributed by atoms with Crippen LogP contribution in [0.2, 0.25) is 0 Å². The normalized spacial score (nSPS) is 12.0. The Morgan fingerprint density at radius 1 is 1.10 bits per heavy atom. The zero-order valence-electron chi connectivity index (χ0n) is 12.2. The van der Waals surface area contributed by atoms with E-state index in [1.807, 2.05) is 37.3 Å². The average Bonchev–Trinajstić information content (AvgIpc) is 2.46. The maximum absolute atomic E-state index is 5.88. The molecule has 20 heavy (non-hydrogen) atoms. The molecule has 0 saturated carbocycles. The van der Waals surface area contributed by atoms with Crippen LogP contribution in [0.3, 0.4) is 0 Å². The van der Waals surface area contributed by atoms with Crippen LogP contribution in [0.1, 0.15) is 29.7 Å². The number of benzene rings is 2. The second-order valence-electron chi connectivity index (χ2n) is 4.91. The van der Waals surface area contributed by atoms with Crippen molar-refractivity contribution in [2.75, 3.05) is 7.11 Å². The van der Waals surface area contributed by atoms with Gasteiger partial charge in [-0.15, -0.1) is 0 Å². The van der Waals surface area contributed by atoms with E-state index in [0.717, 1.165) is 11.3 Å². The largest absolute Gasteiger partial charge is 0.493 e. The van der Waals surface area contributed by atoms with Crippen LogP contribution in [-0.2, 0) is 6.61 Å². The Hall–Kier alpha value is -2.00. The highest BCUT2D eigenvalue weighted by atomic mass is 16.5. The fraction of sp³-hybridized carbons (Fsp3) is 0.294. The Bertz CT molecular complexity index is 579. The summed E-state index contributed by atoms with van der Waals surface area (Å²) in [5.74, 6) is 1.45. The van der Waals surface area contributed by atoms with Crippen molar-refractivity contribution in [3.63, 3.8) is 0 Å². The molecule has 2 rings (SSSR count). The van der Waals surface area contributed by atoms with E-state index in [9.17, 15) is 0 Å². The van der Waals surface area contributed by atoms with Crippen LogP contribution in [0.5, 0.6) is 11.5 Å². The number of aryl methyl sites for hydroxylation is 1. The van der Waals surface area contributed by atoms with Crippen LogP contribution in [0, 0.1) is 6.92 Å². The molecule has 1 atom stereocenters. The number of rotatable bonds is 5. The predicted octanol–water partition coefficient (Wildman–Crippen LogP) is 3.60. The first kappa shape index (κ1) is 14.4. The fourth-order valence-corrected chi connectivity index (χ4v) is 2.01. The van der Waals surface area contributed by atoms with Gasteiger partial charge < -0.3 is 15.2 Å². The minimum atomic E-state index is -0.0192. The first-order chi connectivity index (χ1) is 9.61. The summed E-state index contributed by atoms with van der Waals surface area (Å²) in [6.07, 6.45) is 0. The molecular formula is C17H21NO2. The van der Waals surface area contributed by atoms with Crippen LogP contribution in [0.4, 0.5) is 0 Å². The van der Waals surface area contributed by atoms with Gasteiger partial charge in [0.15, 0.2) is 11.5 Å². The molecule has 0 heterocycles. The summed E-state index contributed by atoms with van der Waals surface area (Å²) in [5.41, 5.74) is 9.30. The highest BCUT2D eigenvalue weighted by Gasteiger charge is 2.08. The Morgan fingerprint density at radius 3 is 2.50 bits per heavy atom. The lowest BCUT2D eigenvalue weighted by Crippen LogP contribution is -2.06. The number of hydrogen-bond donors (Lipinski definition) is 1.